The third-order valence-corrected chi connectivity index (χ3v) is 5.29. The molecule has 4 rings (SSSR count). The molecule has 128 valence electrons. The molecular weight excluding hydrogens is 300 g/mol. The van der Waals surface area contributed by atoms with E-state index in [-0.39, 0.29) is 17.9 Å². The van der Waals surface area contributed by atoms with E-state index in [4.69, 9.17) is 14.2 Å². The van der Waals surface area contributed by atoms with Gasteiger partial charge in [0.2, 0.25) is 0 Å². The van der Waals surface area contributed by atoms with Crippen molar-refractivity contribution in [2.45, 2.75) is 64.6 Å². The minimum absolute atomic E-state index is 0.283. The number of ether oxygens (including phenoxy) is 3. The van der Waals surface area contributed by atoms with Gasteiger partial charge in [0.15, 0.2) is 0 Å². The fourth-order valence-electron chi connectivity index (χ4n) is 4.42. The van der Waals surface area contributed by atoms with Gasteiger partial charge in [-0.1, -0.05) is 0 Å². The minimum Gasteiger partial charge on any atom is -0.469 e. The molecule has 2 heterocycles. The van der Waals surface area contributed by atoms with Crippen LogP contribution in [0.25, 0.3) is 0 Å². The Labute approximate surface area is 135 Å². The van der Waals surface area contributed by atoms with E-state index in [0.717, 1.165) is 0 Å². The van der Waals surface area contributed by atoms with Crippen LogP contribution < -0.4 is 0 Å². The van der Waals surface area contributed by atoms with Gasteiger partial charge in [0.1, 0.15) is 11.7 Å². The first-order valence-electron chi connectivity index (χ1n) is 8.12. The second-order valence-corrected chi connectivity index (χ2v) is 8.34. The highest BCUT2D eigenvalue weighted by atomic mass is 16.6. The van der Waals surface area contributed by atoms with Crippen molar-refractivity contribution in [3.8, 4) is 0 Å². The fraction of sp³-hybridized carbons (Fsp3) is 0.824. The van der Waals surface area contributed by atoms with Crippen LogP contribution in [0, 0.1) is 16.7 Å². The van der Waals surface area contributed by atoms with Crippen LogP contribution in [0.5, 0.6) is 0 Å². The van der Waals surface area contributed by atoms with Crippen LogP contribution in [-0.2, 0) is 28.6 Å². The maximum Gasteiger partial charge on any atom is 0.312 e. The lowest BCUT2D eigenvalue weighted by Gasteiger charge is -2.51. The molecule has 4 bridgehead atoms. The van der Waals surface area contributed by atoms with Gasteiger partial charge in [0.05, 0.1) is 23.9 Å². The maximum absolute atomic E-state index is 12.4. The Morgan fingerprint density at radius 3 is 2.48 bits per heavy atom. The Morgan fingerprint density at radius 1 is 1.17 bits per heavy atom. The van der Waals surface area contributed by atoms with Gasteiger partial charge in [-0.05, 0) is 27.2 Å². The molecule has 2 aliphatic heterocycles. The Balaban J connectivity index is 1.97. The van der Waals surface area contributed by atoms with Crippen molar-refractivity contribution in [1.29, 1.82) is 0 Å². The molecular formula is C17H24O6. The molecule has 4 unspecified atom stereocenters. The third kappa shape index (κ3) is 2.62. The summed E-state index contributed by atoms with van der Waals surface area (Å²) < 4.78 is 16.4. The summed E-state index contributed by atoms with van der Waals surface area (Å²) in [6, 6.07) is 0. The second kappa shape index (κ2) is 4.95. The molecule has 0 amide bonds. The van der Waals surface area contributed by atoms with Crippen molar-refractivity contribution in [2.24, 2.45) is 16.7 Å². The van der Waals surface area contributed by atoms with Gasteiger partial charge in [-0.25, -0.2) is 0 Å². The molecule has 2 aliphatic carbocycles. The number of carbonyl (C=O) groups is 3. The summed E-state index contributed by atoms with van der Waals surface area (Å²) >= 11 is 0. The summed E-state index contributed by atoms with van der Waals surface area (Å²) in [6.07, 6.45) is 1.80. The first kappa shape index (κ1) is 16.3. The van der Waals surface area contributed by atoms with Crippen LogP contribution >= 0.6 is 0 Å². The normalized spacial score (nSPS) is 38.7. The van der Waals surface area contributed by atoms with E-state index in [1.807, 2.05) is 0 Å². The van der Waals surface area contributed by atoms with Crippen LogP contribution in [-0.4, -0.2) is 36.7 Å². The van der Waals surface area contributed by atoms with Crippen LogP contribution in [0.15, 0.2) is 0 Å². The topological polar surface area (TPSA) is 78.9 Å². The Kier molecular flexibility index (Phi) is 3.50. The maximum atomic E-state index is 12.4. The van der Waals surface area contributed by atoms with E-state index in [2.05, 4.69) is 0 Å². The minimum atomic E-state index is -0.809. The number of methoxy groups -OCH3 is 1. The summed E-state index contributed by atoms with van der Waals surface area (Å²) in [5.74, 6) is -1.34. The number of esters is 3. The molecule has 2 saturated heterocycles. The standard InChI is InChI=1S/C17H24O6/c1-15(2,3)13(19)23-17-6-10-5-16(9-17,14(20)21-4)7-11(8-17)22-12(10)18/h10-11H,5-9H2,1-4H3. The lowest BCUT2D eigenvalue weighted by molar-refractivity contribution is -0.199. The van der Waals surface area contributed by atoms with Gasteiger partial charge >= 0.3 is 17.9 Å². The van der Waals surface area contributed by atoms with Crippen LogP contribution in [0.4, 0.5) is 0 Å². The zero-order valence-corrected chi connectivity index (χ0v) is 14.1. The highest BCUT2D eigenvalue weighted by molar-refractivity contribution is 5.82. The van der Waals surface area contributed by atoms with E-state index in [1.165, 1.54) is 7.11 Å². The van der Waals surface area contributed by atoms with Crippen LogP contribution in [0.1, 0.15) is 52.9 Å². The summed E-state index contributed by atoms with van der Waals surface area (Å²) in [5, 5.41) is 0. The average molecular weight is 324 g/mol. The number of carbonyl (C=O) groups excluding carboxylic acids is 3. The quantitative estimate of drug-likeness (QED) is 0.571. The van der Waals surface area contributed by atoms with Crippen molar-refractivity contribution in [3.05, 3.63) is 0 Å². The van der Waals surface area contributed by atoms with Crippen molar-refractivity contribution in [2.75, 3.05) is 7.11 Å². The van der Waals surface area contributed by atoms with Gasteiger partial charge in [-0.3, -0.25) is 14.4 Å². The number of hydrogen-bond donors (Lipinski definition) is 0. The van der Waals surface area contributed by atoms with Crippen LogP contribution in [0.2, 0.25) is 0 Å². The Bertz CT molecular complexity index is 562. The first-order valence-corrected chi connectivity index (χ1v) is 8.12. The van der Waals surface area contributed by atoms with E-state index < -0.39 is 28.5 Å². The van der Waals surface area contributed by atoms with Gasteiger partial charge < -0.3 is 14.2 Å². The Hall–Kier alpha value is -1.59. The summed E-state index contributed by atoms with van der Waals surface area (Å²) in [6.45, 7) is 5.38. The molecule has 0 aromatic rings. The van der Waals surface area contributed by atoms with Crippen LogP contribution in [0.3, 0.4) is 0 Å². The molecule has 0 aromatic heterocycles. The van der Waals surface area contributed by atoms with Crippen molar-refractivity contribution < 1.29 is 28.6 Å². The van der Waals surface area contributed by atoms with E-state index in [9.17, 15) is 14.4 Å². The van der Waals surface area contributed by atoms with Crippen molar-refractivity contribution >= 4 is 17.9 Å². The monoisotopic (exact) mass is 324 g/mol. The molecule has 0 radical (unpaired) electrons. The molecule has 4 aliphatic rings. The fourth-order valence-corrected chi connectivity index (χ4v) is 4.42. The smallest absolute Gasteiger partial charge is 0.312 e. The predicted octanol–water partition coefficient (Wildman–Crippen LogP) is 1.99. The molecule has 4 atom stereocenters. The molecule has 6 nitrogen and oxygen atoms in total. The zero-order chi connectivity index (χ0) is 17.0. The highest BCUT2D eigenvalue weighted by Gasteiger charge is 2.64. The van der Waals surface area contributed by atoms with E-state index in [0.29, 0.717) is 32.1 Å². The molecule has 2 saturated carbocycles. The molecule has 0 N–H and O–H groups in total. The third-order valence-electron chi connectivity index (χ3n) is 5.29. The summed E-state index contributed by atoms with van der Waals surface area (Å²) in [4.78, 5) is 37.1. The van der Waals surface area contributed by atoms with Gasteiger partial charge in [-0.15, -0.1) is 0 Å². The molecule has 6 heteroatoms. The number of fused-ring (bicyclic) bond motifs is 1. The SMILES string of the molecule is COC(=O)C12CC3CC(OC(=O)C(C)(C)C)(CC(C1)C(=O)O3)C2. The molecule has 4 fully saturated rings. The second-order valence-electron chi connectivity index (χ2n) is 8.34. The van der Waals surface area contributed by atoms with Gasteiger partial charge in [0, 0.05) is 25.7 Å². The molecule has 0 spiro atoms. The lowest BCUT2D eigenvalue weighted by atomic mass is 9.56. The highest BCUT2D eigenvalue weighted by Crippen LogP contribution is 2.58. The number of rotatable bonds is 2. The molecule has 23 heavy (non-hydrogen) atoms. The lowest BCUT2D eigenvalue weighted by Crippen LogP contribution is -2.56. The average Bonchev–Trinajstić information content (AvgIpc) is 2.58. The van der Waals surface area contributed by atoms with E-state index >= 15 is 0 Å². The largest absolute Gasteiger partial charge is 0.469 e. The first-order chi connectivity index (χ1) is 10.6. The van der Waals surface area contributed by atoms with E-state index in [1.54, 1.807) is 20.8 Å². The molecule has 0 aromatic carbocycles. The van der Waals surface area contributed by atoms with Gasteiger partial charge in [0.25, 0.3) is 0 Å². The number of hydrogen-bond acceptors (Lipinski definition) is 6. The Morgan fingerprint density at radius 2 is 1.87 bits per heavy atom. The predicted molar refractivity (Wildman–Crippen MR) is 79.2 cm³/mol. The van der Waals surface area contributed by atoms with Gasteiger partial charge in [-0.2, -0.15) is 0 Å². The van der Waals surface area contributed by atoms with Crippen molar-refractivity contribution in [3.63, 3.8) is 0 Å². The summed E-state index contributed by atoms with van der Waals surface area (Å²) in [5.41, 5.74) is -2.23. The summed E-state index contributed by atoms with van der Waals surface area (Å²) in [7, 11) is 1.35. The van der Waals surface area contributed by atoms with Crippen molar-refractivity contribution in [1.82, 2.24) is 0 Å². The zero-order valence-electron chi connectivity index (χ0n) is 14.1.